The summed E-state index contributed by atoms with van der Waals surface area (Å²) >= 11 is 5.90. The van der Waals surface area contributed by atoms with Crippen LogP contribution in [0.5, 0.6) is 11.5 Å². The molecule has 0 amide bonds. The van der Waals surface area contributed by atoms with Gasteiger partial charge in [-0.3, -0.25) is 0 Å². The zero-order chi connectivity index (χ0) is 15.4. The van der Waals surface area contributed by atoms with Crippen molar-refractivity contribution in [3.63, 3.8) is 0 Å². The Balaban J connectivity index is 2.26. The Morgan fingerprint density at radius 3 is 2.19 bits per heavy atom. The third kappa shape index (κ3) is 3.52. The SMILES string of the molecule is COc1cc(N)c(N(C)Cc2ccc(Cl)cc2)cc1OC. The largest absolute Gasteiger partial charge is 0.493 e. The van der Waals surface area contributed by atoms with Crippen LogP contribution in [0, 0.1) is 0 Å². The molecule has 112 valence electrons. The number of hydrogen-bond donors (Lipinski definition) is 1. The lowest BCUT2D eigenvalue weighted by atomic mass is 10.2. The molecule has 0 saturated heterocycles. The van der Waals surface area contributed by atoms with Gasteiger partial charge in [-0.1, -0.05) is 23.7 Å². The first kappa shape index (κ1) is 15.3. The Morgan fingerprint density at radius 1 is 1.05 bits per heavy atom. The van der Waals surface area contributed by atoms with E-state index in [1.54, 1.807) is 20.3 Å². The normalized spacial score (nSPS) is 10.3. The molecule has 4 nitrogen and oxygen atoms in total. The van der Waals surface area contributed by atoms with Crippen molar-refractivity contribution in [3.05, 3.63) is 47.0 Å². The van der Waals surface area contributed by atoms with Gasteiger partial charge in [-0.25, -0.2) is 0 Å². The highest BCUT2D eigenvalue weighted by molar-refractivity contribution is 6.30. The van der Waals surface area contributed by atoms with E-state index in [4.69, 9.17) is 26.8 Å². The molecular formula is C16H19ClN2O2. The number of methoxy groups -OCH3 is 2. The molecule has 21 heavy (non-hydrogen) atoms. The van der Waals surface area contributed by atoms with Crippen LogP contribution in [-0.4, -0.2) is 21.3 Å². The number of nitrogens with zero attached hydrogens (tertiary/aromatic N) is 1. The van der Waals surface area contributed by atoms with Gasteiger partial charge in [0.2, 0.25) is 0 Å². The molecule has 0 aliphatic heterocycles. The summed E-state index contributed by atoms with van der Waals surface area (Å²) in [5, 5.41) is 0.729. The number of halogens is 1. The first-order valence-corrected chi connectivity index (χ1v) is 6.90. The number of hydrogen-bond acceptors (Lipinski definition) is 4. The standard InChI is InChI=1S/C16H19ClN2O2/c1-19(10-11-4-6-12(17)7-5-11)14-9-16(21-3)15(20-2)8-13(14)18/h4-9H,10,18H2,1-3H3. The van der Waals surface area contributed by atoms with E-state index in [-0.39, 0.29) is 0 Å². The molecule has 0 spiro atoms. The summed E-state index contributed by atoms with van der Waals surface area (Å²) in [7, 11) is 5.18. The molecule has 0 bridgehead atoms. The minimum atomic E-state index is 0.624. The van der Waals surface area contributed by atoms with Gasteiger partial charge in [0.25, 0.3) is 0 Å². The van der Waals surface area contributed by atoms with E-state index in [0.29, 0.717) is 17.2 Å². The van der Waals surface area contributed by atoms with Crippen LogP contribution >= 0.6 is 11.6 Å². The Labute approximate surface area is 130 Å². The molecule has 0 aliphatic rings. The van der Waals surface area contributed by atoms with Crippen molar-refractivity contribution in [3.8, 4) is 11.5 Å². The third-order valence-corrected chi connectivity index (χ3v) is 3.53. The summed E-state index contributed by atoms with van der Waals surface area (Å²) in [5.41, 5.74) is 8.78. The first-order valence-electron chi connectivity index (χ1n) is 6.52. The number of nitrogen functional groups attached to an aromatic ring is 1. The van der Waals surface area contributed by atoms with Crippen LogP contribution in [0.2, 0.25) is 5.02 Å². The highest BCUT2D eigenvalue weighted by Crippen LogP contribution is 2.36. The average Bonchev–Trinajstić information content (AvgIpc) is 2.49. The fraction of sp³-hybridized carbons (Fsp3) is 0.250. The van der Waals surface area contributed by atoms with E-state index in [0.717, 1.165) is 22.8 Å². The second-order valence-corrected chi connectivity index (χ2v) is 5.18. The lowest BCUT2D eigenvalue weighted by molar-refractivity contribution is 0.355. The lowest BCUT2D eigenvalue weighted by Crippen LogP contribution is -2.18. The van der Waals surface area contributed by atoms with Gasteiger partial charge in [0.1, 0.15) is 0 Å². The smallest absolute Gasteiger partial charge is 0.162 e. The molecular weight excluding hydrogens is 288 g/mol. The molecule has 0 aliphatic carbocycles. The number of rotatable bonds is 5. The minimum absolute atomic E-state index is 0.624. The van der Waals surface area contributed by atoms with Crippen LogP contribution in [-0.2, 0) is 6.54 Å². The van der Waals surface area contributed by atoms with E-state index in [1.807, 2.05) is 37.4 Å². The van der Waals surface area contributed by atoms with Crippen LogP contribution in [0.1, 0.15) is 5.56 Å². The summed E-state index contributed by atoms with van der Waals surface area (Å²) in [6.07, 6.45) is 0. The van der Waals surface area contributed by atoms with Gasteiger partial charge in [-0.2, -0.15) is 0 Å². The van der Waals surface area contributed by atoms with Crippen molar-refractivity contribution >= 4 is 23.0 Å². The second kappa shape index (κ2) is 6.59. The van der Waals surface area contributed by atoms with E-state index in [9.17, 15) is 0 Å². The van der Waals surface area contributed by atoms with Crippen LogP contribution in [0.4, 0.5) is 11.4 Å². The molecule has 0 saturated carbocycles. The van der Waals surface area contributed by atoms with Crippen molar-refractivity contribution in [1.82, 2.24) is 0 Å². The Bertz CT molecular complexity index is 614. The molecule has 2 rings (SSSR count). The van der Waals surface area contributed by atoms with Crippen LogP contribution < -0.4 is 20.1 Å². The van der Waals surface area contributed by atoms with Gasteiger partial charge < -0.3 is 20.1 Å². The molecule has 2 N–H and O–H groups in total. The summed E-state index contributed by atoms with van der Waals surface area (Å²) in [4.78, 5) is 2.06. The van der Waals surface area contributed by atoms with Crippen molar-refractivity contribution in [2.45, 2.75) is 6.54 Å². The zero-order valence-corrected chi connectivity index (χ0v) is 13.1. The average molecular weight is 307 g/mol. The molecule has 2 aromatic carbocycles. The number of benzene rings is 2. The number of nitrogens with two attached hydrogens (primary N) is 1. The van der Waals surface area contributed by atoms with Crippen molar-refractivity contribution < 1.29 is 9.47 Å². The molecule has 2 aromatic rings. The van der Waals surface area contributed by atoms with Crippen molar-refractivity contribution in [2.24, 2.45) is 0 Å². The summed E-state index contributed by atoms with van der Waals surface area (Å²) in [6.45, 7) is 0.719. The molecule has 0 aromatic heterocycles. The quantitative estimate of drug-likeness (QED) is 0.858. The highest BCUT2D eigenvalue weighted by atomic mass is 35.5. The van der Waals surface area contributed by atoms with Gasteiger partial charge >= 0.3 is 0 Å². The van der Waals surface area contributed by atoms with Crippen LogP contribution in [0.25, 0.3) is 0 Å². The van der Waals surface area contributed by atoms with Gasteiger partial charge in [-0.05, 0) is 17.7 Å². The van der Waals surface area contributed by atoms with Crippen LogP contribution in [0.3, 0.4) is 0 Å². The van der Waals surface area contributed by atoms with E-state index < -0.39 is 0 Å². The zero-order valence-electron chi connectivity index (χ0n) is 12.4. The van der Waals surface area contributed by atoms with Gasteiger partial charge in [0.15, 0.2) is 11.5 Å². The summed E-state index contributed by atoms with van der Waals surface area (Å²) in [6, 6.07) is 11.4. The van der Waals surface area contributed by atoms with Crippen molar-refractivity contribution in [2.75, 3.05) is 31.9 Å². The van der Waals surface area contributed by atoms with Gasteiger partial charge in [0.05, 0.1) is 25.6 Å². The Morgan fingerprint density at radius 2 is 1.62 bits per heavy atom. The number of ether oxygens (including phenoxy) is 2. The summed E-state index contributed by atoms with van der Waals surface area (Å²) < 4.78 is 10.6. The molecule has 0 radical (unpaired) electrons. The maximum atomic E-state index is 6.10. The monoisotopic (exact) mass is 306 g/mol. The highest BCUT2D eigenvalue weighted by Gasteiger charge is 2.12. The predicted molar refractivity (Wildman–Crippen MR) is 87.5 cm³/mol. The second-order valence-electron chi connectivity index (χ2n) is 4.75. The molecule has 5 heteroatoms. The predicted octanol–water partition coefficient (Wildman–Crippen LogP) is 3.58. The third-order valence-electron chi connectivity index (χ3n) is 3.28. The summed E-state index contributed by atoms with van der Waals surface area (Å²) in [5.74, 6) is 1.28. The first-order chi connectivity index (χ1) is 10.0. The lowest BCUT2D eigenvalue weighted by Gasteiger charge is -2.23. The fourth-order valence-electron chi connectivity index (χ4n) is 2.16. The Hall–Kier alpha value is -2.07. The minimum Gasteiger partial charge on any atom is -0.493 e. The molecule has 0 unspecified atom stereocenters. The van der Waals surface area contributed by atoms with Gasteiger partial charge in [0, 0.05) is 30.7 Å². The topological polar surface area (TPSA) is 47.7 Å². The van der Waals surface area contributed by atoms with E-state index in [1.165, 1.54) is 0 Å². The maximum Gasteiger partial charge on any atom is 0.162 e. The number of anilines is 2. The fourth-order valence-corrected chi connectivity index (χ4v) is 2.29. The van der Waals surface area contributed by atoms with Gasteiger partial charge in [-0.15, -0.1) is 0 Å². The molecule has 0 atom stereocenters. The van der Waals surface area contributed by atoms with E-state index >= 15 is 0 Å². The van der Waals surface area contributed by atoms with Crippen molar-refractivity contribution in [1.29, 1.82) is 0 Å². The Kier molecular flexibility index (Phi) is 4.81. The molecule has 0 heterocycles. The van der Waals surface area contributed by atoms with Crippen LogP contribution in [0.15, 0.2) is 36.4 Å². The van der Waals surface area contributed by atoms with E-state index in [2.05, 4.69) is 4.90 Å². The maximum absolute atomic E-state index is 6.10. The molecule has 0 fully saturated rings.